The molecule has 3 heteroatoms. The van der Waals surface area contributed by atoms with Gasteiger partial charge in [0.1, 0.15) is 0 Å². The van der Waals surface area contributed by atoms with E-state index in [-0.39, 0.29) is 6.10 Å². The maximum atomic E-state index is 5.20. The van der Waals surface area contributed by atoms with Crippen LogP contribution in [0.4, 0.5) is 0 Å². The van der Waals surface area contributed by atoms with E-state index in [0.29, 0.717) is 0 Å². The summed E-state index contributed by atoms with van der Waals surface area (Å²) in [6.45, 7) is 5.32. The minimum atomic E-state index is 0.259. The zero-order valence-electron chi connectivity index (χ0n) is 9.86. The number of benzene rings is 1. The molecular formula is C13H20N2O. The number of nitrogens with two attached hydrogens (primary N) is 1. The maximum absolute atomic E-state index is 5.20. The van der Waals surface area contributed by atoms with E-state index in [0.717, 1.165) is 32.5 Å². The Kier molecular flexibility index (Phi) is 3.93. The first kappa shape index (κ1) is 11.6. The van der Waals surface area contributed by atoms with E-state index < -0.39 is 0 Å². The predicted octanol–water partition coefficient (Wildman–Crippen LogP) is 1.85. The lowest BCUT2D eigenvalue weighted by molar-refractivity contribution is 0.00494. The molecule has 1 aromatic carbocycles. The quantitative estimate of drug-likeness (QED) is 0.790. The Balaban J connectivity index is 1.84. The molecular weight excluding hydrogens is 200 g/mol. The minimum absolute atomic E-state index is 0.259. The third kappa shape index (κ3) is 3.04. The number of rotatable bonds is 3. The number of likely N-dealkylation sites (tertiary alicyclic amines) is 1. The summed E-state index contributed by atoms with van der Waals surface area (Å²) >= 11 is 0. The second-order valence-corrected chi connectivity index (χ2v) is 4.60. The zero-order valence-corrected chi connectivity index (χ0v) is 9.86. The largest absolute Gasteiger partial charge is 0.301 e. The van der Waals surface area contributed by atoms with E-state index in [1.807, 2.05) is 0 Å². The molecule has 0 aliphatic carbocycles. The SMILES string of the molecule is Cc1ccc(CN2CCC(ON)CC2)cc1. The minimum Gasteiger partial charge on any atom is -0.301 e. The van der Waals surface area contributed by atoms with Crippen LogP contribution in [0.25, 0.3) is 0 Å². The van der Waals surface area contributed by atoms with E-state index in [1.165, 1.54) is 11.1 Å². The molecule has 0 atom stereocenters. The molecule has 2 N–H and O–H groups in total. The number of hydrogen-bond acceptors (Lipinski definition) is 3. The van der Waals surface area contributed by atoms with Crippen molar-refractivity contribution in [3.8, 4) is 0 Å². The number of nitrogens with zero attached hydrogens (tertiary/aromatic N) is 1. The normalized spacial score (nSPS) is 18.9. The van der Waals surface area contributed by atoms with Crippen molar-refractivity contribution in [2.45, 2.75) is 32.4 Å². The van der Waals surface area contributed by atoms with Crippen molar-refractivity contribution in [1.82, 2.24) is 4.90 Å². The van der Waals surface area contributed by atoms with Crippen molar-refractivity contribution in [2.24, 2.45) is 5.90 Å². The van der Waals surface area contributed by atoms with Crippen LogP contribution in [0.3, 0.4) is 0 Å². The summed E-state index contributed by atoms with van der Waals surface area (Å²) in [7, 11) is 0. The molecule has 2 rings (SSSR count). The summed E-state index contributed by atoms with van der Waals surface area (Å²) in [6.07, 6.45) is 2.35. The van der Waals surface area contributed by atoms with Gasteiger partial charge < -0.3 is 4.84 Å². The summed E-state index contributed by atoms with van der Waals surface area (Å²) in [6, 6.07) is 8.76. The lowest BCUT2D eigenvalue weighted by atomic mass is 10.1. The topological polar surface area (TPSA) is 38.5 Å². The van der Waals surface area contributed by atoms with Gasteiger partial charge in [0.25, 0.3) is 0 Å². The fraction of sp³-hybridized carbons (Fsp3) is 0.538. The number of aryl methyl sites for hydroxylation is 1. The molecule has 88 valence electrons. The smallest absolute Gasteiger partial charge is 0.0811 e. The van der Waals surface area contributed by atoms with Crippen LogP contribution >= 0.6 is 0 Å². The fourth-order valence-electron chi connectivity index (χ4n) is 2.16. The van der Waals surface area contributed by atoms with Gasteiger partial charge in [0.2, 0.25) is 0 Å². The molecule has 0 unspecified atom stereocenters. The fourth-order valence-corrected chi connectivity index (χ4v) is 2.16. The van der Waals surface area contributed by atoms with Gasteiger partial charge >= 0.3 is 0 Å². The van der Waals surface area contributed by atoms with E-state index >= 15 is 0 Å². The van der Waals surface area contributed by atoms with Crippen LogP contribution in [0.15, 0.2) is 24.3 Å². The predicted molar refractivity (Wildman–Crippen MR) is 64.8 cm³/mol. The van der Waals surface area contributed by atoms with E-state index in [9.17, 15) is 0 Å². The van der Waals surface area contributed by atoms with Crippen LogP contribution < -0.4 is 5.90 Å². The highest BCUT2D eigenvalue weighted by atomic mass is 16.6. The van der Waals surface area contributed by atoms with Gasteiger partial charge in [-0.25, -0.2) is 5.90 Å². The van der Waals surface area contributed by atoms with Crippen molar-refractivity contribution in [3.63, 3.8) is 0 Å². The molecule has 1 aliphatic rings. The van der Waals surface area contributed by atoms with Gasteiger partial charge in [-0.1, -0.05) is 29.8 Å². The lowest BCUT2D eigenvalue weighted by Crippen LogP contribution is -2.37. The second kappa shape index (κ2) is 5.43. The second-order valence-electron chi connectivity index (χ2n) is 4.60. The summed E-state index contributed by atoms with van der Waals surface area (Å²) < 4.78 is 0. The molecule has 0 radical (unpaired) electrons. The molecule has 1 aromatic rings. The Morgan fingerprint density at radius 2 is 1.88 bits per heavy atom. The van der Waals surface area contributed by atoms with Crippen molar-refractivity contribution >= 4 is 0 Å². The zero-order chi connectivity index (χ0) is 11.4. The van der Waals surface area contributed by atoms with Gasteiger partial charge in [0.15, 0.2) is 0 Å². The Hall–Kier alpha value is -0.900. The van der Waals surface area contributed by atoms with Crippen LogP contribution in [-0.4, -0.2) is 24.1 Å². The average molecular weight is 220 g/mol. The first-order chi connectivity index (χ1) is 7.78. The van der Waals surface area contributed by atoms with E-state index in [4.69, 9.17) is 10.7 Å². The Morgan fingerprint density at radius 1 is 1.25 bits per heavy atom. The molecule has 3 nitrogen and oxygen atoms in total. The Bertz CT molecular complexity index is 315. The van der Waals surface area contributed by atoms with Gasteiger partial charge in [-0.3, -0.25) is 4.90 Å². The molecule has 0 amide bonds. The van der Waals surface area contributed by atoms with Gasteiger partial charge in [0, 0.05) is 19.6 Å². The standard InChI is InChI=1S/C13H20N2O/c1-11-2-4-12(5-3-11)10-15-8-6-13(16-14)7-9-15/h2-5,13H,6-10,14H2,1H3. The van der Waals surface area contributed by atoms with Gasteiger partial charge in [0.05, 0.1) is 6.10 Å². The van der Waals surface area contributed by atoms with Gasteiger partial charge in [-0.2, -0.15) is 0 Å². The van der Waals surface area contributed by atoms with Crippen LogP contribution in [0.1, 0.15) is 24.0 Å². The van der Waals surface area contributed by atoms with Crippen LogP contribution in [-0.2, 0) is 11.4 Å². The molecule has 0 spiro atoms. The van der Waals surface area contributed by atoms with E-state index in [1.54, 1.807) is 0 Å². The molecule has 16 heavy (non-hydrogen) atoms. The van der Waals surface area contributed by atoms with E-state index in [2.05, 4.69) is 36.1 Å². The molecule has 0 bridgehead atoms. The van der Waals surface area contributed by atoms with Crippen molar-refractivity contribution in [2.75, 3.05) is 13.1 Å². The molecule has 1 aliphatic heterocycles. The highest BCUT2D eigenvalue weighted by Gasteiger charge is 2.18. The highest BCUT2D eigenvalue weighted by Crippen LogP contribution is 2.15. The molecule has 0 saturated carbocycles. The Morgan fingerprint density at radius 3 is 2.44 bits per heavy atom. The highest BCUT2D eigenvalue weighted by molar-refractivity contribution is 5.21. The number of hydrogen-bond donors (Lipinski definition) is 1. The number of piperidine rings is 1. The molecule has 0 aromatic heterocycles. The third-order valence-corrected chi connectivity index (χ3v) is 3.25. The average Bonchev–Trinajstić information content (AvgIpc) is 2.33. The molecule has 1 fully saturated rings. The molecule has 1 saturated heterocycles. The van der Waals surface area contributed by atoms with Crippen LogP contribution in [0.5, 0.6) is 0 Å². The van der Waals surface area contributed by atoms with Crippen molar-refractivity contribution < 1.29 is 4.84 Å². The summed E-state index contributed by atoms with van der Waals surface area (Å²) in [5.41, 5.74) is 2.71. The summed E-state index contributed by atoms with van der Waals surface area (Å²) in [4.78, 5) is 7.34. The lowest BCUT2D eigenvalue weighted by Gasteiger charge is -2.30. The summed E-state index contributed by atoms with van der Waals surface area (Å²) in [5.74, 6) is 5.20. The van der Waals surface area contributed by atoms with Crippen molar-refractivity contribution in [1.29, 1.82) is 0 Å². The first-order valence-electron chi connectivity index (χ1n) is 5.91. The summed E-state index contributed by atoms with van der Waals surface area (Å²) in [5, 5.41) is 0. The monoisotopic (exact) mass is 220 g/mol. The first-order valence-corrected chi connectivity index (χ1v) is 5.91. The van der Waals surface area contributed by atoms with Crippen LogP contribution in [0.2, 0.25) is 0 Å². The molecule has 1 heterocycles. The van der Waals surface area contributed by atoms with Crippen molar-refractivity contribution in [3.05, 3.63) is 35.4 Å². The maximum Gasteiger partial charge on any atom is 0.0811 e. The van der Waals surface area contributed by atoms with Gasteiger partial charge in [-0.15, -0.1) is 0 Å². The van der Waals surface area contributed by atoms with Crippen LogP contribution in [0, 0.1) is 6.92 Å². The Labute approximate surface area is 97.1 Å². The van der Waals surface area contributed by atoms with Gasteiger partial charge in [-0.05, 0) is 25.3 Å². The third-order valence-electron chi connectivity index (χ3n) is 3.25.